The Labute approximate surface area is 114 Å². The molecule has 0 aromatic carbocycles. The van der Waals surface area contributed by atoms with Crippen LogP contribution in [0.2, 0.25) is 0 Å². The molecule has 1 aliphatic heterocycles. The zero-order valence-electron chi connectivity index (χ0n) is 11.9. The molecule has 0 spiro atoms. The maximum Gasteiger partial charge on any atom is 0.413 e. The third kappa shape index (κ3) is 6.02. The third-order valence-electron chi connectivity index (χ3n) is 3.16. The van der Waals surface area contributed by atoms with E-state index in [9.17, 15) is 9.59 Å². The van der Waals surface area contributed by atoms with Crippen LogP contribution in [-0.2, 0) is 9.53 Å². The van der Waals surface area contributed by atoms with Crippen molar-refractivity contribution in [2.45, 2.75) is 39.2 Å². The lowest BCUT2D eigenvalue weighted by molar-refractivity contribution is -0.122. The van der Waals surface area contributed by atoms with Crippen LogP contribution in [0.5, 0.6) is 0 Å². The number of piperidine rings is 1. The lowest BCUT2D eigenvalue weighted by Gasteiger charge is -2.33. The number of imide groups is 1. The standard InChI is InChI=1S/C13H25N3O3/c1-3-8-16(11-6-5-7-14-9-11)10-12(17)15-13(18)19-4-2/h11,14H,3-10H2,1-2H3,(H,15,17,18). The quantitative estimate of drug-likeness (QED) is 0.745. The molecule has 19 heavy (non-hydrogen) atoms. The third-order valence-corrected chi connectivity index (χ3v) is 3.16. The van der Waals surface area contributed by atoms with Gasteiger partial charge in [0.25, 0.3) is 0 Å². The van der Waals surface area contributed by atoms with E-state index in [1.165, 1.54) is 0 Å². The van der Waals surface area contributed by atoms with Crippen LogP contribution in [0.4, 0.5) is 4.79 Å². The van der Waals surface area contributed by atoms with E-state index in [1.807, 2.05) is 0 Å². The molecule has 0 aromatic heterocycles. The van der Waals surface area contributed by atoms with Gasteiger partial charge in [0.05, 0.1) is 13.2 Å². The number of carbonyl (C=O) groups is 2. The fourth-order valence-electron chi connectivity index (χ4n) is 2.33. The van der Waals surface area contributed by atoms with Crippen LogP contribution >= 0.6 is 0 Å². The van der Waals surface area contributed by atoms with Gasteiger partial charge in [-0.05, 0) is 39.3 Å². The zero-order valence-corrected chi connectivity index (χ0v) is 11.9. The van der Waals surface area contributed by atoms with Gasteiger partial charge in [-0.1, -0.05) is 6.92 Å². The highest BCUT2D eigenvalue weighted by Gasteiger charge is 2.22. The molecule has 0 bridgehead atoms. The first-order valence-electron chi connectivity index (χ1n) is 7.08. The minimum atomic E-state index is -0.661. The molecule has 0 saturated carbocycles. The van der Waals surface area contributed by atoms with Crippen molar-refractivity contribution in [3.63, 3.8) is 0 Å². The highest BCUT2D eigenvalue weighted by atomic mass is 16.5. The van der Waals surface area contributed by atoms with Gasteiger partial charge < -0.3 is 10.1 Å². The fourth-order valence-corrected chi connectivity index (χ4v) is 2.33. The first-order chi connectivity index (χ1) is 9.17. The van der Waals surface area contributed by atoms with Crippen molar-refractivity contribution in [2.75, 3.05) is 32.8 Å². The van der Waals surface area contributed by atoms with Gasteiger partial charge in [0.15, 0.2) is 0 Å². The Hall–Kier alpha value is -1.14. The van der Waals surface area contributed by atoms with E-state index in [4.69, 9.17) is 4.74 Å². The molecular weight excluding hydrogens is 246 g/mol. The van der Waals surface area contributed by atoms with Gasteiger partial charge in [-0.3, -0.25) is 15.0 Å². The highest BCUT2D eigenvalue weighted by Crippen LogP contribution is 2.10. The summed E-state index contributed by atoms with van der Waals surface area (Å²) in [6.45, 7) is 7.14. The Morgan fingerprint density at radius 1 is 1.42 bits per heavy atom. The molecule has 2 amide bonds. The summed E-state index contributed by atoms with van der Waals surface area (Å²) >= 11 is 0. The molecule has 1 heterocycles. The van der Waals surface area contributed by atoms with Gasteiger partial charge in [0.2, 0.25) is 5.91 Å². The van der Waals surface area contributed by atoms with Crippen LogP contribution in [0.15, 0.2) is 0 Å². The Morgan fingerprint density at radius 2 is 2.21 bits per heavy atom. The van der Waals surface area contributed by atoms with E-state index in [1.54, 1.807) is 6.92 Å². The molecular formula is C13H25N3O3. The maximum absolute atomic E-state index is 11.8. The van der Waals surface area contributed by atoms with Gasteiger partial charge in [0.1, 0.15) is 0 Å². The molecule has 1 fully saturated rings. The second-order valence-corrected chi connectivity index (χ2v) is 4.74. The minimum Gasteiger partial charge on any atom is -0.450 e. The molecule has 1 aliphatic rings. The normalized spacial score (nSPS) is 19.2. The topological polar surface area (TPSA) is 70.7 Å². The van der Waals surface area contributed by atoms with Crippen molar-refractivity contribution in [1.82, 2.24) is 15.5 Å². The summed E-state index contributed by atoms with van der Waals surface area (Å²) in [5.74, 6) is -0.294. The van der Waals surface area contributed by atoms with E-state index < -0.39 is 6.09 Å². The summed E-state index contributed by atoms with van der Waals surface area (Å²) in [6.07, 6.45) is 2.55. The summed E-state index contributed by atoms with van der Waals surface area (Å²) in [4.78, 5) is 25.1. The van der Waals surface area contributed by atoms with Crippen molar-refractivity contribution in [3.8, 4) is 0 Å². The zero-order chi connectivity index (χ0) is 14.1. The second kappa shape index (κ2) is 8.87. The van der Waals surface area contributed by atoms with Gasteiger partial charge >= 0.3 is 6.09 Å². The molecule has 0 aliphatic carbocycles. The van der Waals surface area contributed by atoms with E-state index in [-0.39, 0.29) is 19.1 Å². The van der Waals surface area contributed by atoms with E-state index in [0.717, 1.165) is 38.9 Å². The SMILES string of the molecule is CCCN(CC(=O)NC(=O)OCC)C1CCCNC1. The summed E-state index contributed by atoms with van der Waals surface area (Å²) < 4.78 is 4.70. The predicted molar refractivity (Wildman–Crippen MR) is 72.9 cm³/mol. The van der Waals surface area contributed by atoms with Crippen molar-refractivity contribution >= 4 is 12.0 Å². The Bertz CT molecular complexity index is 291. The smallest absolute Gasteiger partial charge is 0.413 e. The lowest BCUT2D eigenvalue weighted by atomic mass is 10.1. The van der Waals surface area contributed by atoms with Gasteiger partial charge in [-0.15, -0.1) is 0 Å². The molecule has 6 nitrogen and oxygen atoms in total. The van der Waals surface area contributed by atoms with Crippen LogP contribution in [0, 0.1) is 0 Å². The molecule has 0 radical (unpaired) electrons. The van der Waals surface area contributed by atoms with Crippen LogP contribution in [0.1, 0.15) is 33.1 Å². The van der Waals surface area contributed by atoms with E-state index >= 15 is 0 Å². The number of nitrogens with zero attached hydrogens (tertiary/aromatic N) is 1. The predicted octanol–water partition coefficient (Wildman–Crippen LogP) is 0.723. The maximum atomic E-state index is 11.8. The van der Waals surface area contributed by atoms with Crippen molar-refractivity contribution in [1.29, 1.82) is 0 Å². The summed E-state index contributed by atoms with van der Waals surface area (Å²) in [7, 11) is 0. The van der Waals surface area contributed by atoms with Gasteiger partial charge in [-0.25, -0.2) is 4.79 Å². The molecule has 1 rings (SSSR count). The Morgan fingerprint density at radius 3 is 2.79 bits per heavy atom. The minimum absolute atomic E-state index is 0.249. The average Bonchev–Trinajstić information content (AvgIpc) is 2.39. The lowest BCUT2D eigenvalue weighted by Crippen LogP contribution is -2.50. The van der Waals surface area contributed by atoms with Gasteiger partial charge in [0, 0.05) is 12.6 Å². The molecule has 6 heteroatoms. The first kappa shape index (κ1) is 15.9. The molecule has 0 aromatic rings. The van der Waals surface area contributed by atoms with E-state index in [0.29, 0.717) is 6.04 Å². The van der Waals surface area contributed by atoms with Crippen LogP contribution in [-0.4, -0.2) is 55.7 Å². The van der Waals surface area contributed by atoms with Crippen LogP contribution in [0.25, 0.3) is 0 Å². The van der Waals surface area contributed by atoms with Crippen LogP contribution < -0.4 is 10.6 Å². The van der Waals surface area contributed by atoms with Gasteiger partial charge in [-0.2, -0.15) is 0 Å². The average molecular weight is 271 g/mol. The number of carbonyl (C=O) groups excluding carboxylic acids is 2. The van der Waals surface area contributed by atoms with Crippen molar-refractivity contribution in [2.24, 2.45) is 0 Å². The Kier molecular flexibility index (Phi) is 7.43. The monoisotopic (exact) mass is 271 g/mol. The number of amides is 2. The Balaban J connectivity index is 2.42. The number of hydrogen-bond acceptors (Lipinski definition) is 5. The number of alkyl carbamates (subject to hydrolysis) is 1. The van der Waals surface area contributed by atoms with Crippen molar-refractivity contribution < 1.29 is 14.3 Å². The highest BCUT2D eigenvalue weighted by molar-refractivity contribution is 5.92. The largest absolute Gasteiger partial charge is 0.450 e. The molecule has 2 N–H and O–H groups in total. The van der Waals surface area contributed by atoms with E-state index in [2.05, 4.69) is 22.5 Å². The molecule has 1 unspecified atom stereocenters. The first-order valence-corrected chi connectivity index (χ1v) is 7.08. The van der Waals surface area contributed by atoms with Crippen LogP contribution in [0.3, 0.4) is 0 Å². The molecule has 110 valence electrons. The second-order valence-electron chi connectivity index (χ2n) is 4.74. The summed E-state index contributed by atoms with van der Waals surface area (Å²) in [5.41, 5.74) is 0. The summed E-state index contributed by atoms with van der Waals surface area (Å²) in [5, 5.41) is 5.59. The number of ether oxygens (including phenoxy) is 1. The number of hydrogen-bond donors (Lipinski definition) is 2. The fraction of sp³-hybridized carbons (Fsp3) is 0.846. The number of rotatable bonds is 6. The molecule has 1 atom stereocenters. The number of nitrogens with one attached hydrogen (secondary N) is 2. The molecule has 1 saturated heterocycles. The van der Waals surface area contributed by atoms with Crippen molar-refractivity contribution in [3.05, 3.63) is 0 Å². The summed E-state index contributed by atoms with van der Waals surface area (Å²) in [6, 6.07) is 0.377.